The molecule has 0 radical (unpaired) electrons. The summed E-state index contributed by atoms with van der Waals surface area (Å²) in [6.45, 7) is 0.960. The molecule has 1 aliphatic rings. The summed E-state index contributed by atoms with van der Waals surface area (Å²) < 4.78 is 6.51. The number of hydrogen-bond acceptors (Lipinski definition) is 2. The van der Waals surface area contributed by atoms with Crippen molar-refractivity contribution in [1.82, 2.24) is 0 Å². The fourth-order valence-electron chi connectivity index (χ4n) is 1.55. The number of aliphatic hydroxyl groups is 1. The quantitative estimate of drug-likeness (QED) is 0.859. The monoisotopic (exact) mass is 242 g/mol. The van der Waals surface area contributed by atoms with Crippen LogP contribution in [-0.4, -0.2) is 18.3 Å². The van der Waals surface area contributed by atoms with E-state index in [0.29, 0.717) is 6.42 Å². The van der Waals surface area contributed by atoms with Crippen molar-refractivity contribution in [1.29, 1.82) is 0 Å². The van der Waals surface area contributed by atoms with E-state index >= 15 is 0 Å². The summed E-state index contributed by atoms with van der Waals surface area (Å²) in [4.78, 5) is 0. The summed E-state index contributed by atoms with van der Waals surface area (Å²) in [6.07, 6.45) is 1.67. The van der Waals surface area contributed by atoms with Gasteiger partial charge in [-0.15, -0.1) is 0 Å². The molecule has 0 spiro atoms. The maximum Gasteiger partial charge on any atom is 0.122 e. The maximum absolute atomic E-state index is 8.83. The van der Waals surface area contributed by atoms with E-state index in [-0.39, 0.29) is 6.61 Å². The van der Waals surface area contributed by atoms with Gasteiger partial charge in [0.1, 0.15) is 5.75 Å². The SMILES string of the molecule is OCCc1cc2c(cc1Br)CCO2. The van der Waals surface area contributed by atoms with Crippen LogP contribution in [0.3, 0.4) is 0 Å². The van der Waals surface area contributed by atoms with Crippen molar-refractivity contribution in [3.8, 4) is 5.75 Å². The Balaban J connectivity index is 2.37. The molecule has 0 unspecified atom stereocenters. The molecular formula is C10H11BrO2. The van der Waals surface area contributed by atoms with Gasteiger partial charge in [0.15, 0.2) is 0 Å². The van der Waals surface area contributed by atoms with E-state index in [4.69, 9.17) is 9.84 Å². The first-order chi connectivity index (χ1) is 6.31. The maximum atomic E-state index is 8.83. The van der Waals surface area contributed by atoms with E-state index < -0.39 is 0 Å². The van der Waals surface area contributed by atoms with Crippen LogP contribution < -0.4 is 4.74 Å². The standard InChI is InChI=1S/C10H11BrO2/c11-9-5-8-2-4-13-10(8)6-7(9)1-3-12/h5-6,12H,1-4H2. The van der Waals surface area contributed by atoms with Crippen LogP contribution in [0.5, 0.6) is 5.75 Å². The van der Waals surface area contributed by atoms with Crippen LogP contribution in [0.2, 0.25) is 0 Å². The first kappa shape index (κ1) is 9.03. The fourth-order valence-corrected chi connectivity index (χ4v) is 2.14. The predicted molar refractivity (Wildman–Crippen MR) is 54.1 cm³/mol. The lowest BCUT2D eigenvalue weighted by molar-refractivity contribution is 0.299. The molecule has 0 aliphatic carbocycles. The second-order valence-corrected chi connectivity index (χ2v) is 3.98. The lowest BCUT2D eigenvalue weighted by Gasteiger charge is -2.05. The normalized spacial score (nSPS) is 14.0. The third-order valence-electron chi connectivity index (χ3n) is 2.24. The minimum Gasteiger partial charge on any atom is -0.493 e. The molecule has 2 rings (SSSR count). The van der Waals surface area contributed by atoms with Gasteiger partial charge in [-0.3, -0.25) is 0 Å². The van der Waals surface area contributed by atoms with E-state index in [2.05, 4.69) is 22.0 Å². The van der Waals surface area contributed by atoms with Crippen molar-refractivity contribution in [2.75, 3.05) is 13.2 Å². The van der Waals surface area contributed by atoms with E-state index in [0.717, 1.165) is 28.8 Å². The molecule has 70 valence electrons. The summed E-state index contributed by atoms with van der Waals surface area (Å²) in [6, 6.07) is 4.11. The molecule has 0 amide bonds. The van der Waals surface area contributed by atoms with Gasteiger partial charge in [-0.25, -0.2) is 0 Å². The van der Waals surface area contributed by atoms with Crippen LogP contribution in [0.4, 0.5) is 0 Å². The average Bonchev–Trinajstić information content (AvgIpc) is 2.52. The van der Waals surface area contributed by atoms with E-state index in [1.165, 1.54) is 5.56 Å². The van der Waals surface area contributed by atoms with E-state index in [1.807, 2.05) is 6.07 Å². The zero-order chi connectivity index (χ0) is 9.26. The highest BCUT2D eigenvalue weighted by Crippen LogP contribution is 2.31. The Labute approximate surface area is 85.7 Å². The van der Waals surface area contributed by atoms with Crippen molar-refractivity contribution in [2.45, 2.75) is 12.8 Å². The second-order valence-electron chi connectivity index (χ2n) is 3.12. The minimum absolute atomic E-state index is 0.178. The first-order valence-corrected chi connectivity index (χ1v) is 5.15. The van der Waals surface area contributed by atoms with Gasteiger partial charge >= 0.3 is 0 Å². The lowest BCUT2D eigenvalue weighted by Crippen LogP contribution is -1.93. The number of benzene rings is 1. The van der Waals surface area contributed by atoms with Gasteiger partial charge < -0.3 is 9.84 Å². The Morgan fingerprint density at radius 2 is 2.31 bits per heavy atom. The van der Waals surface area contributed by atoms with Gasteiger partial charge in [0.25, 0.3) is 0 Å². The van der Waals surface area contributed by atoms with E-state index in [9.17, 15) is 0 Å². The Bertz CT molecular complexity index is 323. The van der Waals surface area contributed by atoms with Crippen molar-refractivity contribution in [3.05, 3.63) is 27.7 Å². The topological polar surface area (TPSA) is 29.5 Å². The molecule has 1 aromatic carbocycles. The molecule has 0 saturated heterocycles. The first-order valence-electron chi connectivity index (χ1n) is 4.36. The molecule has 13 heavy (non-hydrogen) atoms. The largest absolute Gasteiger partial charge is 0.493 e. The Morgan fingerprint density at radius 1 is 1.46 bits per heavy atom. The summed E-state index contributed by atoms with van der Waals surface area (Å²) >= 11 is 3.48. The Morgan fingerprint density at radius 3 is 3.08 bits per heavy atom. The van der Waals surface area contributed by atoms with Gasteiger partial charge in [0.05, 0.1) is 6.61 Å². The highest BCUT2D eigenvalue weighted by molar-refractivity contribution is 9.10. The van der Waals surface area contributed by atoms with Crippen molar-refractivity contribution in [2.24, 2.45) is 0 Å². The summed E-state index contributed by atoms with van der Waals surface area (Å²) in [7, 11) is 0. The molecule has 3 heteroatoms. The van der Waals surface area contributed by atoms with Crippen LogP contribution in [-0.2, 0) is 12.8 Å². The zero-order valence-electron chi connectivity index (χ0n) is 7.22. The van der Waals surface area contributed by atoms with Crippen molar-refractivity contribution >= 4 is 15.9 Å². The molecule has 2 nitrogen and oxygen atoms in total. The lowest BCUT2D eigenvalue weighted by atomic mass is 10.1. The van der Waals surface area contributed by atoms with Crippen LogP contribution in [0.1, 0.15) is 11.1 Å². The molecule has 0 fully saturated rings. The third-order valence-corrected chi connectivity index (χ3v) is 2.98. The van der Waals surface area contributed by atoms with Gasteiger partial charge in [0, 0.05) is 17.5 Å². The fraction of sp³-hybridized carbons (Fsp3) is 0.400. The van der Waals surface area contributed by atoms with Crippen LogP contribution in [0, 0.1) is 0 Å². The number of ether oxygens (including phenoxy) is 1. The predicted octanol–water partition coefficient (Wildman–Crippen LogP) is 1.92. The van der Waals surface area contributed by atoms with Gasteiger partial charge in [-0.2, -0.15) is 0 Å². The molecular weight excluding hydrogens is 232 g/mol. The van der Waals surface area contributed by atoms with Crippen molar-refractivity contribution < 1.29 is 9.84 Å². The minimum atomic E-state index is 0.178. The van der Waals surface area contributed by atoms with Crippen LogP contribution in [0.15, 0.2) is 16.6 Å². The molecule has 0 aromatic heterocycles. The number of aliphatic hydroxyl groups excluding tert-OH is 1. The smallest absolute Gasteiger partial charge is 0.122 e. The van der Waals surface area contributed by atoms with Crippen molar-refractivity contribution in [3.63, 3.8) is 0 Å². The van der Waals surface area contributed by atoms with Crippen LogP contribution >= 0.6 is 15.9 Å². The molecule has 1 heterocycles. The second kappa shape index (κ2) is 3.68. The van der Waals surface area contributed by atoms with Gasteiger partial charge in [-0.05, 0) is 29.7 Å². The van der Waals surface area contributed by atoms with Crippen LogP contribution in [0.25, 0.3) is 0 Å². The van der Waals surface area contributed by atoms with E-state index in [1.54, 1.807) is 0 Å². The molecule has 1 aliphatic heterocycles. The Kier molecular flexibility index (Phi) is 2.56. The zero-order valence-corrected chi connectivity index (χ0v) is 8.80. The summed E-state index contributed by atoms with van der Waals surface area (Å²) in [5, 5.41) is 8.83. The highest BCUT2D eigenvalue weighted by Gasteiger charge is 2.14. The molecule has 0 bridgehead atoms. The number of halogens is 1. The Hall–Kier alpha value is -0.540. The third kappa shape index (κ3) is 1.71. The number of hydrogen-bond donors (Lipinski definition) is 1. The van der Waals surface area contributed by atoms with Gasteiger partial charge in [0.2, 0.25) is 0 Å². The summed E-state index contributed by atoms with van der Waals surface area (Å²) in [5.74, 6) is 0.978. The van der Waals surface area contributed by atoms with Gasteiger partial charge in [-0.1, -0.05) is 15.9 Å². The molecule has 0 saturated carbocycles. The highest BCUT2D eigenvalue weighted by atomic mass is 79.9. The summed E-state index contributed by atoms with van der Waals surface area (Å²) in [5.41, 5.74) is 2.37. The average molecular weight is 243 g/mol. The molecule has 0 atom stereocenters. The molecule has 1 aromatic rings. The number of rotatable bonds is 2. The number of fused-ring (bicyclic) bond motifs is 1. The molecule has 1 N–H and O–H groups in total.